The van der Waals surface area contributed by atoms with E-state index in [0.29, 0.717) is 24.6 Å². The van der Waals surface area contributed by atoms with Gasteiger partial charge in [-0.05, 0) is 48.2 Å². The van der Waals surface area contributed by atoms with Crippen molar-refractivity contribution >= 4 is 17.7 Å². The second-order valence-corrected chi connectivity index (χ2v) is 7.30. The number of likely N-dealkylation sites (tertiary alicyclic amines) is 1. The molecule has 0 aromatic heterocycles. The Hall–Kier alpha value is -3.23. The number of alkyl halides is 3. The summed E-state index contributed by atoms with van der Waals surface area (Å²) in [6.45, 7) is 2.38. The van der Waals surface area contributed by atoms with E-state index in [1.54, 1.807) is 11.9 Å². The lowest BCUT2D eigenvalue weighted by atomic mass is 10.1. The summed E-state index contributed by atoms with van der Waals surface area (Å²) in [6.07, 6.45) is -2.27. The van der Waals surface area contributed by atoms with Gasteiger partial charge in [-0.3, -0.25) is 4.99 Å². The number of carbonyl (C=O) groups is 1. The normalized spacial score (nSPS) is 14.5. The van der Waals surface area contributed by atoms with Gasteiger partial charge in [-0.15, -0.1) is 0 Å². The highest BCUT2D eigenvalue weighted by Crippen LogP contribution is 2.29. The van der Waals surface area contributed by atoms with Crippen LogP contribution < -0.4 is 16.0 Å². The fourth-order valence-corrected chi connectivity index (χ4v) is 3.29. The summed E-state index contributed by atoms with van der Waals surface area (Å²) in [5, 5.41) is 9.16. The zero-order chi connectivity index (χ0) is 22.3. The summed E-state index contributed by atoms with van der Waals surface area (Å²) < 4.78 is 38.0. The third kappa shape index (κ3) is 6.63. The van der Waals surface area contributed by atoms with Gasteiger partial charge in [0.15, 0.2) is 5.96 Å². The summed E-state index contributed by atoms with van der Waals surface area (Å²) in [7, 11) is 1.62. The minimum atomic E-state index is -4.34. The van der Waals surface area contributed by atoms with Crippen LogP contribution in [0.2, 0.25) is 0 Å². The number of rotatable bonds is 5. The van der Waals surface area contributed by atoms with Crippen molar-refractivity contribution in [3.8, 4) is 0 Å². The van der Waals surface area contributed by atoms with Gasteiger partial charge in [0.2, 0.25) is 0 Å². The zero-order valence-corrected chi connectivity index (χ0v) is 17.3. The number of hydrogen-bond donors (Lipinski definition) is 3. The first-order chi connectivity index (χ1) is 14.8. The van der Waals surface area contributed by atoms with E-state index in [-0.39, 0.29) is 6.03 Å². The Morgan fingerprint density at radius 3 is 2.26 bits per heavy atom. The molecule has 1 aliphatic heterocycles. The third-order valence-electron chi connectivity index (χ3n) is 5.00. The van der Waals surface area contributed by atoms with E-state index in [9.17, 15) is 18.0 Å². The maximum Gasteiger partial charge on any atom is 0.416 e. The van der Waals surface area contributed by atoms with Crippen LogP contribution in [-0.4, -0.2) is 37.0 Å². The molecule has 2 aromatic rings. The number of anilines is 1. The molecule has 166 valence electrons. The molecule has 1 fully saturated rings. The standard InChI is InChI=1S/C22H26F3N5O/c1-26-20(27-14-16-7-9-18(10-8-16)22(23,24)25)28-15-17-5-4-6-19(13-17)29-21(31)30-11-2-3-12-30/h4-10,13H,2-3,11-12,14-15H2,1H3,(H,29,31)(H2,26,27,28). The van der Waals surface area contributed by atoms with Crippen LogP contribution in [0.4, 0.5) is 23.7 Å². The van der Waals surface area contributed by atoms with Crippen LogP contribution in [0.15, 0.2) is 53.5 Å². The summed E-state index contributed by atoms with van der Waals surface area (Å²) in [5.74, 6) is 0.520. The van der Waals surface area contributed by atoms with Crippen LogP contribution in [0.25, 0.3) is 0 Å². The van der Waals surface area contributed by atoms with E-state index in [2.05, 4.69) is 20.9 Å². The molecular formula is C22H26F3N5O. The number of amides is 2. The number of nitrogens with one attached hydrogen (secondary N) is 3. The molecule has 0 radical (unpaired) electrons. The Bertz CT molecular complexity index is 906. The number of benzene rings is 2. The predicted octanol–water partition coefficient (Wildman–Crippen LogP) is 4.20. The number of urea groups is 1. The van der Waals surface area contributed by atoms with E-state index in [4.69, 9.17) is 0 Å². The van der Waals surface area contributed by atoms with Crippen molar-refractivity contribution in [3.05, 3.63) is 65.2 Å². The van der Waals surface area contributed by atoms with Crippen LogP contribution >= 0.6 is 0 Å². The lowest BCUT2D eigenvalue weighted by molar-refractivity contribution is -0.137. The number of carbonyl (C=O) groups excluding carboxylic acids is 1. The number of aliphatic imine (C=N–C) groups is 1. The number of guanidine groups is 1. The van der Waals surface area contributed by atoms with Gasteiger partial charge in [-0.2, -0.15) is 13.2 Å². The van der Waals surface area contributed by atoms with Gasteiger partial charge in [0.05, 0.1) is 5.56 Å². The van der Waals surface area contributed by atoms with Gasteiger partial charge in [0, 0.05) is 38.9 Å². The van der Waals surface area contributed by atoms with Crippen LogP contribution in [0.3, 0.4) is 0 Å². The quantitative estimate of drug-likeness (QED) is 0.489. The third-order valence-corrected chi connectivity index (χ3v) is 5.00. The van der Waals surface area contributed by atoms with Crippen molar-refractivity contribution in [2.45, 2.75) is 32.1 Å². The fraction of sp³-hybridized carbons (Fsp3) is 0.364. The Morgan fingerprint density at radius 2 is 1.65 bits per heavy atom. The van der Waals surface area contributed by atoms with Gasteiger partial charge < -0.3 is 20.9 Å². The molecule has 1 aliphatic rings. The van der Waals surface area contributed by atoms with Crippen molar-refractivity contribution in [3.63, 3.8) is 0 Å². The minimum Gasteiger partial charge on any atom is -0.352 e. The van der Waals surface area contributed by atoms with Crippen LogP contribution in [0, 0.1) is 0 Å². The van der Waals surface area contributed by atoms with Gasteiger partial charge in [0.1, 0.15) is 0 Å². The molecule has 3 rings (SSSR count). The molecule has 0 spiro atoms. The molecule has 0 atom stereocenters. The largest absolute Gasteiger partial charge is 0.416 e. The predicted molar refractivity (Wildman–Crippen MR) is 115 cm³/mol. The average Bonchev–Trinajstić information content (AvgIpc) is 3.29. The Labute approximate surface area is 179 Å². The molecule has 31 heavy (non-hydrogen) atoms. The Balaban J connectivity index is 1.49. The summed E-state index contributed by atoms with van der Waals surface area (Å²) >= 11 is 0. The second-order valence-electron chi connectivity index (χ2n) is 7.30. The Kier molecular flexibility index (Phi) is 7.38. The first kappa shape index (κ1) is 22.5. The molecule has 6 nitrogen and oxygen atoms in total. The maximum absolute atomic E-state index is 12.7. The molecule has 2 amide bonds. The number of hydrogen-bond acceptors (Lipinski definition) is 2. The molecular weight excluding hydrogens is 407 g/mol. The zero-order valence-electron chi connectivity index (χ0n) is 17.3. The van der Waals surface area contributed by atoms with E-state index in [1.807, 2.05) is 24.3 Å². The highest BCUT2D eigenvalue weighted by Gasteiger charge is 2.29. The smallest absolute Gasteiger partial charge is 0.352 e. The first-order valence-electron chi connectivity index (χ1n) is 10.1. The minimum absolute atomic E-state index is 0.0865. The molecule has 1 heterocycles. The van der Waals surface area contributed by atoms with Crippen LogP contribution in [-0.2, 0) is 19.3 Å². The van der Waals surface area contributed by atoms with Gasteiger partial charge >= 0.3 is 12.2 Å². The van der Waals surface area contributed by atoms with Crippen molar-refractivity contribution < 1.29 is 18.0 Å². The SMILES string of the molecule is CN=C(NCc1ccc(C(F)(F)F)cc1)NCc1cccc(NC(=O)N2CCCC2)c1. The summed E-state index contributed by atoms with van der Waals surface area (Å²) in [6, 6.07) is 12.5. The van der Waals surface area contributed by atoms with E-state index in [0.717, 1.165) is 49.3 Å². The molecule has 0 saturated carbocycles. The van der Waals surface area contributed by atoms with Crippen molar-refractivity contribution in [1.82, 2.24) is 15.5 Å². The highest BCUT2D eigenvalue weighted by atomic mass is 19.4. The fourth-order valence-electron chi connectivity index (χ4n) is 3.29. The Morgan fingerprint density at radius 1 is 1.00 bits per heavy atom. The lowest BCUT2D eigenvalue weighted by Gasteiger charge is -2.17. The average molecular weight is 433 g/mol. The molecule has 1 saturated heterocycles. The molecule has 2 aromatic carbocycles. The van der Waals surface area contributed by atoms with Gasteiger partial charge in [-0.1, -0.05) is 24.3 Å². The monoisotopic (exact) mass is 433 g/mol. The van der Waals surface area contributed by atoms with Gasteiger partial charge in [-0.25, -0.2) is 4.79 Å². The number of halogens is 3. The molecule has 0 unspecified atom stereocenters. The van der Waals surface area contributed by atoms with Crippen molar-refractivity contribution in [2.24, 2.45) is 4.99 Å². The first-order valence-corrected chi connectivity index (χ1v) is 10.1. The van der Waals surface area contributed by atoms with Crippen LogP contribution in [0.5, 0.6) is 0 Å². The summed E-state index contributed by atoms with van der Waals surface area (Å²) in [5.41, 5.74) is 1.72. The molecule has 0 bridgehead atoms. The second kappa shape index (κ2) is 10.2. The van der Waals surface area contributed by atoms with Crippen LogP contribution in [0.1, 0.15) is 29.5 Å². The number of nitrogens with zero attached hydrogens (tertiary/aromatic N) is 2. The van der Waals surface area contributed by atoms with E-state index >= 15 is 0 Å². The molecule has 3 N–H and O–H groups in total. The lowest BCUT2D eigenvalue weighted by Crippen LogP contribution is -2.36. The van der Waals surface area contributed by atoms with E-state index in [1.165, 1.54) is 12.1 Å². The maximum atomic E-state index is 12.7. The molecule has 9 heteroatoms. The van der Waals surface area contributed by atoms with Crippen molar-refractivity contribution in [1.29, 1.82) is 0 Å². The molecule has 0 aliphatic carbocycles. The topological polar surface area (TPSA) is 68.8 Å². The van der Waals surface area contributed by atoms with Gasteiger partial charge in [0.25, 0.3) is 0 Å². The summed E-state index contributed by atoms with van der Waals surface area (Å²) in [4.78, 5) is 18.2. The van der Waals surface area contributed by atoms with Crippen molar-refractivity contribution in [2.75, 3.05) is 25.5 Å². The van der Waals surface area contributed by atoms with E-state index < -0.39 is 11.7 Å². The highest BCUT2D eigenvalue weighted by molar-refractivity contribution is 5.89.